The van der Waals surface area contributed by atoms with Gasteiger partial charge in [-0.2, -0.15) is 0 Å². The summed E-state index contributed by atoms with van der Waals surface area (Å²) < 4.78 is 5.14. The maximum absolute atomic E-state index is 12.5. The summed E-state index contributed by atoms with van der Waals surface area (Å²) in [6, 6.07) is 11.3. The number of anilines is 2. The maximum Gasteiger partial charge on any atom is 0.272 e. The molecule has 0 bridgehead atoms. The average molecular weight is 327 g/mol. The number of carbonyl (C=O) groups excluding carboxylic acids is 1. The van der Waals surface area contributed by atoms with Gasteiger partial charge in [0.2, 0.25) is 0 Å². The summed E-state index contributed by atoms with van der Waals surface area (Å²) in [4.78, 5) is 18.7. The first-order chi connectivity index (χ1) is 11.7. The van der Waals surface area contributed by atoms with Crippen LogP contribution in [0.15, 0.2) is 42.6 Å². The van der Waals surface area contributed by atoms with Gasteiger partial charge in [-0.25, -0.2) is 4.98 Å². The minimum atomic E-state index is -0.00491. The van der Waals surface area contributed by atoms with Crippen molar-refractivity contribution in [3.8, 4) is 5.75 Å². The molecule has 2 aromatic rings. The Bertz CT molecular complexity index is 633. The standard InChI is InChI=1S/C19H25N3O2/c1-4-12-22(13-5-2)19(23)18-11-8-16(14-20-18)21-15-6-9-17(24-3)10-7-15/h6-11,14,21H,4-5,12-13H2,1-3H3. The van der Waals surface area contributed by atoms with Gasteiger partial charge in [-0.3, -0.25) is 4.79 Å². The molecule has 0 unspecified atom stereocenters. The molecule has 1 amide bonds. The first kappa shape index (κ1) is 17.8. The van der Waals surface area contributed by atoms with Crippen LogP contribution in [0.4, 0.5) is 11.4 Å². The number of methoxy groups -OCH3 is 1. The van der Waals surface area contributed by atoms with Crippen molar-refractivity contribution in [2.24, 2.45) is 0 Å². The van der Waals surface area contributed by atoms with E-state index in [4.69, 9.17) is 4.74 Å². The fourth-order valence-electron chi connectivity index (χ4n) is 2.45. The molecule has 2 rings (SSSR count). The number of nitrogens with one attached hydrogen (secondary N) is 1. The molecule has 0 saturated carbocycles. The van der Waals surface area contributed by atoms with Crippen LogP contribution in [0, 0.1) is 0 Å². The fourth-order valence-corrected chi connectivity index (χ4v) is 2.45. The Morgan fingerprint density at radius 3 is 2.17 bits per heavy atom. The Balaban J connectivity index is 2.04. The SMILES string of the molecule is CCCN(CCC)C(=O)c1ccc(Nc2ccc(OC)cc2)cn1. The second-order valence-electron chi connectivity index (χ2n) is 5.58. The Kier molecular flexibility index (Phi) is 6.61. The third-order valence-electron chi connectivity index (χ3n) is 3.64. The summed E-state index contributed by atoms with van der Waals surface area (Å²) in [6.07, 6.45) is 3.58. The van der Waals surface area contributed by atoms with Gasteiger partial charge in [-0.15, -0.1) is 0 Å². The number of ether oxygens (including phenoxy) is 1. The van der Waals surface area contributed by atoms with Gasteiger partial charge in [0.05, 0.1) is 19.0 Å². The van der Waals surface area contributed by atoms with Crippen molar-refractivity contribution < 1.29 is 9.53 Å². The van der Waals surface area contributed by atoms with E-state index in [0.29, 0.717) is 5.69 Å². The topological polar surface area (TPSA) is 54.5 Å². The lowest BCUT2D eigenvalue weighted by Crippen LogP contribution is -2.33. The Morgan fingerprint density at radius 1 is 1.04 bits per heavy atom. The molecule has 5 heteroatoms. The lowest BCUT2D eigenvalue weighted by molar-refractivity contribution is 0.0749. The van der Waals surface area contributed by atoms with E-state index in [1.807, 2.05) is 35.2 Å². The average Bonchev–Trinajstić information content (AvgIpc) is 2.62. The third kappa shape index (κ3) is 4.72. The number of benzene rings is 1. The van der Waals surface area contributed by atoms with Crippen LogP contribution in [0.3, 0.4) is 0 Å². The number of amides is 1. The Labute approximate surface area is 143 Å². The molecule has 24 heavy (non-hydrogen) atoms. The van der Waals surface area contributed by atoms with Crippen LogP contribution >= 0.6 is 0 Å². The molecule has 0 saturated heterocycles. The predicted molar refractivity (Wildman–Crippen MR) is 97.0 cm³/mol. The Hall–Kier alpha value is -2.56. The summed E-state index contributed by atoms with van der Waals surface area (Å²) in [5.74, 6) is 0.807. The van der Waals surface area contributed by atoms with Crippen molar-refractivity contribution in [1.29, 1.82) is 0 Å². The molecule has 5 nitrogen and oxygen atoms in total. The first-order valence-electron chi connectivity index (χ1n) is 8.34. The van der Waals surface area contributed by atoms with Crippen molar-refractivity contribution in [2.75, 3.05) is 25.5 Å². The van der Waals surface area contributed by atoms with E-state index in [1.165, 1.54) is 0 Å². The maximum atomic E-state index is 12.5. The van der Waals surface area contributed by atoms with Crippen molar-refractivity contribution in [2.45, 2.75) is 26.7 Å². The van der Waals surface area contributed by atoms with E-state index in [-0.39, 0.29) is 5.91 Å². The molecular weight excluding hydrogens is 302 g/mol. The van der Waals surface area contributed by atoms with Gasteiger partial charge in [0.15, 0.2) is 0 Å². The first-order valence-corrected chi connectivity index (χ1v) is 8.34. The van der Waals surface area contributed by atoms with Crippen molar-refractivity contribution >= 4 is 17.3 Å². The van der Waals surface area contributed by atoms with E-state index >= 15 is 0 Å². The number of nitrogens with zero attached hydrogens (tertiary/aromatic N) is 2. The zero-order valence-corrected chi connectivity index (χ0v) is 14.6. The molecule has 0 atom stereocenters. The molecule has 1 heterocycles. The molecule has 0 radical (unpaired) electrons. The van der Waals surface area contributed by atoms with Gasteiger partial charge < -0.3 is 15.0 Å². The van der Waals surface area contributed by atoms with Gasteiger partial charge in [0, 0.05) is 18.8 Å². The third-order valence-corrected chi connectivity index (χ3v) is 3.64. The molecule has 1 aromatic carbocycles. The molecule has 0 fully saturated rings. The quantitative estimate of drug-likeness (QED) is 0.793. The molecule has 0 spiro atoms. The van der Waals surface area contributed by atoms with Gasteiger partial charge in [-0.05, 0) is 49.2 Å². The Morgan fingerprint density at radius 2 is 1.67 bits per heavy atom. The number of aromatic nitrogens is 1. The lowest BCUT2D eigenvalue weighted by atomic mass is 10.2. The summed E-state index contributed by atoms with van der Waals surface area (Å²) in [5, 5.41) is 3.26. The van der Waals surface area contributed by atoms with Gasteiger partial charge >= 0.3 is 0 Å². The van der Waals surface area contributed by atoms with Gasteiger partial charge in [-0.1, -0.05) is 13.8 Å². The molecule has 1 N–H and O–H groups in total. The fraction of sp³-hybridized carbons (Fsp3) is 0.368. The van der Waals surface area contributed by atoms with Crippen LogP contribution in [0.25, 0.3) is 0 Å². The molecule has 0 aliphatic carbocycles. The highest BCUT2D eigenvalue weighted by Crippen LogP contribution is 2.19. The van der Waals surface area contributed by atoms with E-state index in [9.17, 15) is 4.79 Å². The zero-order valence-electron chi connectivity index (χ0n) is 14.6. The minimum absolute atomic E-state index is 0.00491. The molecule has 128 valence electrons. The zero-order chi connectivity index (χ0) is 17.4. The smallest absolute Gasteiger partial charge is 0.272 e. The summed E-state index contributed by atoms with van der Waals surface area (Å²) in [5.41, 5.74) is 2.27. The van der Waals surface area contributed by atoms with Crippen LogP contribution in [-0.2, 0) is 0 Å². The molecule has 1 aromatic heterocycles. The van der Waals surface area contributed by atoms with Crippen LogP contribution in [0.5, 0.6) is 5.75 Å². The number of rotatable bonds is 8. The van der Waals surface area contributed by atoms with Crippen LogP contribution in [0.2, 0.25) is 0 Å². The highest BCUT2D eigenvalue weighted by atomic mass is 16.5. The highest BCUT2D eigenvalue weighted by molar-refractivity contribution is 5.92. The summed E-state index contributed by atoms with van der Waals surface area (Å²) >= 11 is 0. The predicted octanol–water partition coefficient (Wildman–Crippen LogP) is 4.10. The largest absolute Gasteiger partial charge is 0.497 e. The van der Waals surface area contributed by atoms with E-state index in [1.54, 1.807) is 19.4 Å². The number of carbonyl (C=O) groups is 1. The number of pyridine rings is 1. The van der Waals surface area contributed by atoms with Gasteiger partial charge in [0.1, 0.15) is 11.4 Å². The molecule has 0 aliphatic rings. The lowest BCUT2D eigenvalue weighted by Gasteiger charge is -2.21. The summed E-state index contributed by atoms with van der Waals surface area (Å²) in [7, 11) is 1.64. The second-order valence-corrected chi connectivity index (χ2v) is 5.58. The summed E-state index contributed by atoms with van der Waals surface area (Å²) in [6.45, 7) is 5.68. The monoisotopic (exact) mass is 327 g/mol. The second kappa shape index (κ2) is 8.91. The van der Waals surface area contributed by atoms with Crippen molar-refractivity contribution in [3.05, 3.63) is 48.3 Å². The van der Waals surface area contributed by atoms with Crippen LogP contribution in [0.1, 0.15) is 37.2 Å². The number of hydrogen-bond acceptors (Lipinski definition) is 4. The van der Waals surface area contributed by atoms with Crippen LogP contribution < -0.4 is 10.1 Å². The van der Waals surface area contributed by atoms with Gasteiger partial charge in [0.25, 0.3) is 5.91 Å². The highest BCUT2D eigenvalue weighted by Gasteiger charge is 2.15. The normalized spacial score (nSPS) is 10.3. The van der Waals surface area contributed by atoms with E-state index in [0.717, 1.165) is 43.1 Å². The molecular formula is C19H25N3O2. The van der Waals surface area contributed by atoms with Crippen LogP contribution in [-0.4, -0.2) is 36.0 Å². The molecule has 0 aliphatic heterocycles. The van der Waals surface area contributed by atoms with Crippen molar-refractivity contribution in [3.63, 3.8) is 0 Å². The minimum Gasteiger partial charge on any atom is -0.497 e. The number of hydrogen-bond donors (Lipinski definition) is 1. The van der Waals surface area contributed by atoms with E-state index in [2.05, 4.69) is 24.1 Å². The van der Waals surface area contributed by atoms with Crippen molar-refractivity contribution in [1.82, 2.24) is 9.88 Å². The van der Waals surface area contributed by atoms with E-state index < -0.39 is 0 Å².